The molecule has 1 aliphatic rings. The first-order chi connectivity index (χ1) is 11.9. The molecule has 1 fully saturated rings. The summed E-state index contributed by atoms with van der Waals surface area (Å²) in [6.07, 6.45) is 9.47. The molecule has 7 heteroatoms. The van der Waals surface area contributed by atoms with Crippen molar-refractivity contribution in [1.29, 1.82) is 0 Å². The summed E-state index contributed by atoms with van der Waals surface area (Å²) in [6, 6.07) is 4.01. The molecule has 1 N–H and O–H groups in total. The third-order valence-electron chi connectivity index (χ3n) is 4.19. The molecule has 2 aromatic heterocycles. The van der Waals surface area contributed by atoms with Crippen molar-refractivity contribution in [3.8, 4) is 0 Å². The molecule has 2 aromatic rings. The molecule has 1 saturated heterocycles. The lowest BCUT2D eigenvalue weighted by molar-refractivity contribution is 0.0378. The number of morpholine rings is 1. The van der Waals surface area contributed by atoms with Gasteiger partial charge in [-0.25, -0.2) is 9.50 Å². The van der Waals surface area contributed by atoms with Gasteiger partial charge in [0, 0.05) is 19.6 Å². The summed E-state index contributed by atoms with van der Waals surface area (Å²) < 4.78 is 7.27. The van der Waals surface area contributed by atoms with E-state index in [1.807, 2.05) is 22.8 Å². The Morgan fingerprint density at radius 2 is 2.12 bits per heavy atom. The van der Waals surface area contributed by atoms with E-state index in [1.54, 1.807) is 0 Å². The van der Waals surface area contributed by atoms with Crippen LogP contribution in [0.5, 0.6) is 0 Å². The Labute approximate surface area is 155 Å². The highest BCUT2D eigenvalue weighted by atomic mass is 35.5. The number of nitrogens with zero attached hydrogens (tertiary/aromatic N) is 4. The van der Waals surface area contributed by atoms with Crippen molar-refractivity contribution in [2.75, 3.05) is 44.7 Å². The highest BCUT2D eigenvalue weighted by Gasteiger charge is 2.09. The van der Waals surface area contributed by atoms with Gasteiger partial charge in [0.1, 0.15) is 5.82 Å². The monoisotopic (exact) mass is 365 g/mol. The first kappa shape index (κ1) is 19.7. The lowest BCUT2D eigenvalue weighted by Crippen LogP contribution is -2.37. The third-order valence-corrected chi connectivity index (χ3v) is 4.19. The van der Waals surface area contributed by atoms with Gasteiger partial charge in [0.05, 0.1) is 25.1 Å². The van der Waals surface area contributed by atoms with E-state index in [4.69, 9.17) is 4.74 Å². The molecule has 0 saturated carbocycles. The molecule has 0 spiro atoms. The van der Waals surface area contributed by atoms with Crippen LogP contribution >= 0.6 is 12.4 Å². The van der Waals surface area contributed by atoms with Crippen molar-refractivity contribution in [3.05, 3.63) is 30.1 Å². The highest BCUT2D eigenvalue weighted by Crippen LogP contribution is 2.11. The van der Waals surface area contributed by atoms with Gasteiger partial charge in [-0.05, 0) is 37.6 Å². The highest BCUT2D eigenvalue weighted by molar-refractivity contribution is 5.85. The zero-order valence-electron chi connectivity index (χ0n) is 14.9. The van der Waals surface area contributed by atoms with Crippen molar-refractivity contribution in [2.24, 2.45) is 0 Å². The fourth-order valence-corrected chi connectivity index (χ4v) is 2.81. The zero-order chi connectivity index (χ0) is 16.6. The Balaban J connectivity index is 0.00000225. The summed E-state index contributed by atoms with van der Waals surface area (Å²) >= 11 is 0. The van der Waals surface area contributed by atoms with Crippen LogP contribution in [0.4, 0.5) is 5.82 Å². The standard InChI is InChI=1S/C18H27N5O.ClH/c1-2-3-4-6-16-15-20-18-8-7-17(21-23(16)18)19-9-5-10-22-11-13-24-14-12-22;/h4,6-8,15H,2-3,5,9-14H2,1H3,(H,19,21);1H/b6-4+;. The predicted octanol–water partition coefficient (Wildman–Crippen LogP) is 3.10. The van der Waals surface area contributed by atoms with Crippen LogP contribution in [0.2, 0.25) is 0 Å². The number of allylic oxidation sites excluding steroid dienone is 1. The number of ether oxygens (including phenoxy) is 1. The zero-order valence-corrected chi connectivity index (χ0v) is 15.7. The maximum atomic E-state index is 5.37. The molecule has 0 aromatic carbocycles. The number of rotatable bonds is 8. The van der Waals surface area contributed by atoms with E-state index in [-0.39, 0.29) is 12.4 Å². The Morgan fingerprint density at radius 3 is 2.92 bits per heavy atom. The summed E-state index contributed by atoms with van der Waals surface area (Å²) in [4.78, 5) is 6.85. The first-order valence-corrected chi connectivity index (χ1v) is 8.92. The second kappa shape index (κ2) is 10.4. The fraction of sp³-hybridized carbons (Fsp3) is 0.556. The van der Waals surface area contributed by atoms with Gasteiger partial charge < -0.3 is 10.1 Å². The lowest BCUT2D eigenvalue weighted by Gasteiger charge is -2.26. The molecule has 25 heavy (non-hydrogen) atoms. The quantitative estimate of drug-likeness (QED) is 0.728. The molecule has 138 valence electrons. The molecule has 3 heterocycles. The van der Waals surface area contributed by atoms with E-state index in [2.05, 4.69) is 39.4 Å². The Hall–Kier alpha value is -1.63. The Bertz CT molecular complexity index is 667. The van der Waals surface area contributed by atoms with Crippen LogP contribution < -0.4 is 5.32 Å². The molecule has 0 bridgehead atoms. The molecule has 0 amide bonds. The van der Waals surface area contributed by atoms with E-state index in [0.29, 0.717) is 0 Å². The van der Waals surface area contributed by atoms with Crippen LogP contribution in [0.3, 0.4) is 0 Å². The smallest absolute Gasteiger partial charge is 0.154 e. The van der Waals surface area contributed by atoms with Crippen LogP contribution in [-0.4, -0.2) is 58.9 Å². The number of imidazole rings is 1. The maximum absolute atomic E-state index is 5.37. The lowest BCUT2D eigenvalue weighted by atomic mass is 10.3. The minimum atomic E-state index is 0. The van der Waals surface area contributed by atoms with Gasteiger partial charge in [-0.3, -0.25) is 4.90 Å². The number of hydrogen-bond donors (Lipinski definition) is 1. The molecule has 0 atom stereocenters. The van der Waals surface area contributed by atoms with Crippen molar-refractivity contribution in [2.45, 2.75) is 26.2 Å². The topological polar surface area (TPSA) is 54.7 Å². The van der Waals surface area contributed by atoms with Crippen molar-refractivity contribution >= 4 is 29.9 Å². The Kier molecular flexibility index (Phi) is 8.18. The van der Waals surface area contributed by atoms with Crippen LogP contribution in [-0.2, 0) is 4.74 Å². The second-order valence-electron chi connectivity index (χ2n) is 6.10. The summed E-state index contributed by atoms with van der Waals surface area (Å²) in [5.74, 6) is 0.896. The minimum absolute atomic E-state index is 0. The number of aromatic nitrogens is 3. The SMILES string of the molecule is CCC/C=C/c1cnc2ccc(NCCCN3CCOCC3)nn12.Cl. The van der Waals surface area contributed by atoms with Crippen molar-refractivity contribution in [3.63, 3.8) is 0 Å². The molecule has 6 nitrogen and oxygen atoms in total. The molecule has 0 unspecified atom stereocenters. The minimum Gasteiger partial charge on any atom is -0.379 e. The number of hydrogen-bond acceptors (Lipinski definition) is 5. The second-order valence-corrected chi connectivity index (χ2v) is 6.10. The molecular formula is C18H28ClN5O. The molecule has 0 aliphatic carbocycles. The number of anilines is 1. The average Bonchev–Trinajstić information content (AvgIpc) is 3.02. The van der Waals surface area contributed by atoms with E-state index in [9.17, 15) is 0 Å². The third kappa shape index (κ3) is 5.70. The van der Waals surface area contributed by atoms with E-state index in [1.165, 1.54) is 0 Å². The normalized spacial score (nSPS) is 15.6. The van der Waals surface area contributed by atoms with Crippen molar-refractivity contribution < 1.29 is 4.74 Å². The first-order valence-electron chi connectivity index (χ1n) is 8.92. The fourth-order valence-electron chi connectivity index (χ4n) is 2.81. The van der Waals surface area contributed by atoms with Crippen LogP contribution in [0.25, 0.3) is 11.7 Å². The number of halogens is 1. The number of unbranched alkanes of at least 4 members (excludes halogenated alkanes) is 1. The molecule has 3 rings (SSSR count). The van der Waals surface area contributed by atoms with Gasteiger partial charge in [-0.15, -0.1) is 17.5 Å². The summed E-state index contributed by atoms with van der Waals surface area (Å²) in [6.45, 7) is 8.02. The molecule has 0 radical (unpaired) electrons. The molecular weight excluding hydrogens is 338 g/mol. The van der Waals surface area contributed by atoms with Gasteiger partial charge >= 0.3 is 0 Å². The van der Waals surface area contributed by atoms with Gasteiger partial charge in [-0.2, -0.15) is 0 Å². The van der Waals surface area contributed by atoms with Gasteiger partial charge in [0.25, 0.3) is 0 Å². The van der Waals surface area contributed by atoms with Crippen LogP contribution in [0.15, 0.2) is 24.4 Å². The summed E-state index contributed by atoms with van der Waals surface area (Å²) in [7, 11) is 0. The molecule has 1 aliphatic heterocycles. The van der Waals surface area contributed by atoms with Crippen LogP contribution in [0.1, 0.15) is 31.9 Å². The van der Waals surface area contributed by atoms with E-state index < -0.39 is 0 Å². The van der Waals surface area contributed by atoms with Crippen LogP contribution in [0, 0.1) is 0 Å². The largest absolute Gasteiger partial charge is 0.379 e. The predicted molar refractivity (Wildman–Crippen MR) is 105 cm³/mol. The summed E-state index contributed by atoms with van der Waals surface area (Å²) in [5, 5.41) is 8.08. The van der Waals surface area contributed by atoms with E-state index in [0.717, 1.165) is 75.8 Å². The van der Waals surface area contributed by atoms with E-state index >= 15 is 0 Å². The number of nitrogens with one attached hydrogen (secondary N) is 1. The number of fused-ring (bicyclic) bond motifs is 1. The Morgan fingerprint density at radius 1 is 1.28 bits per heavy atom. The van der Waals surface area contributed by atoms with Crippen molar-refractivity contribution in [1.82, 2.24) is 19.5 Å². The van der Waals surface area contributed by atoms with Gasteiger partial charge in [0.15, 0.2) is 5.65 Å². The summed E-state index contributed by atoms with van der Waals surface area (Å²) in [5.41, 5.74) is 1.90. The van der Waals surface area contributed by atoms with Gasteiger partial charge in [-0.1, -0.05) is 19.4 Å². The van der Waals surface area contributed by atoms with Gasteiger partial charge in [0.2, 0.25) is 0 Å². The maximum Gasteiger partial charge on any atom is 0.154 e. The average molecular weight is 366 g/mol.